The van der Waals surface area contributed by atoms with Gasteiger partial charge in [-0.1, -0.05) is 29.3 Å². The maximum Gasteiger partial charge on any atom is 0.147 e. The van der Waals surface area contributed by atoms with E-state index in [4.69, 9.17) is 33.4 Å². The molecule has 8 nitrogen and oxygen atoms in total. The molecule has 0 fully saturated rings. The summed E-state index contributed by atoms with van der Waals surface area (Å²) in [7, 11) is 0. The highest BCUT2D eigenvalue weighted by Gasteiger charge is 2.20. The van der Waals surface area contributed by atoms with Gasteiger partial charge < -0.3 is 9.51 Å². The predicted octanol–water partition coefficient (Wildman–Crippen LogP) is 5.53. The lowest BCUT2D eigenvalue weighted by molar-refractivity contribution is 0.276. The van der Waals surface area contributed by atoms with Crippen molar-refractivity contribution >= 4 is 39.8 Å². The van der Waals surface area contributed by atoms with Gasteiger partial charge in [-0.15, -0.1) is 0 Å². The van der Waals surface area contributed by atoms with Crippen molar-refractivity contribution in [3.63, 3.8) is 0 Å². The van der Waals surface area contributed by atoms with Crippen LogP contribution >= 0.6 is 23.2 Å². The summed E-state index contributed by atoms with van der Waals surface area (Å²) >= 11 is 12.9. The van der Waals surface area contributed by atoms with E-state index in [1.54, 1.807) is 47.5 Å². The number of nitrogens with zero attached hydrogens (tertiary/aromatic N) is 7. The van der Waals surface area contributed by atoms with E-state index >= 15 is 0 Å². The van der Waals surface area contributed by atoms with Crippen LogP contribution in [0.4, 0.5) is 0 Å². The Kier molecular flexibility index (Phi) is 5.81. The topological polar surface area (TPSA) is 105 Å². The summed E-state index contributed by atoms with van der Waals surface area (Å²) in [5.74, 6) is 0. The van der Waals surface area contributed by atoms with Gasteiger partial charge in [0.15, 0.2) is 0 Å². The molecule has 6 aromatic rings. The molecule has 0 amide bonds. The maximum absolute atomic E-state index is 10.2. The van der Waals surface area contributed by atoms with Gasteiger partial charge in [0.25, 0.3) is 0 Å². The second-order valence-electron chi connectivity index (χ2n) is 8.45. The molecule has 0 aliphatic carbocycles. The van der Waals surface area contributed by atoms with E-state index in [1.165, 1.54) is 6.20 Å². The van der Waals surface area contributed by atoms with Gasteiger partial charge in [-0.25, -0.2) is 4.98 Å². The van der Waals surface area contributed by atoms with Crippen LogP contribution in [-0.4, -0.2) is 34.2 Å². The Bertz CT molecular complexity index is 1830. The van der Waals surface area contributed by atoms with E-state index in [0.717, 1.165) is 27.6 Å². The van der Waals surface area contributed by atoms with Gasteiger partial charge in [-0.3, -0.25) is 14.6 Å². The molecule has 5 heterocycles. The second kappa shape index (κ2) is 9.30. The van der Waals surface area contributed by atoms with Crippen LogP contribution < -0.4 is 0 Å². The van der Waals surface area contributed by atoms with Gasteiger partial charge in [-0.05, 0) is 35.9 Å². The van der Waals surface area contributed by atoms with Crippen LogP contribution in [-0.2, 0) is 13.2 Å². The molecule has 0 bridgehead atoms. The Morgan fingerprint density at radius 3 is 2.62 bits per heavy atom. The van der Waals surface area contributed by atoms with Crippen molar-refractivity contribution in [1.29, 1.82) is 5.26 Å². The Hall–Kier alpha value is -4.29. The molecule has 0 radical (unpaired) electrons. The molecular weight excluding hydrogens is 509 g/mol. The van der Waals surface area contributed by atoms with Crippen LogP contribution in [0.3, 0.4) is 0 Å². The molecular formula is C27H17Cl2N7O. The first kappa shape index (κ1) is 23.1. The number of fused-ring (bicyclic) bond motifs is 3. The molecule has 1 aromatic carbocycles. The number of benzene rings is 1. The number of hydrogen-bond donors (Lipinski definition) is 1. The van der Waals surface area contributed by atoms with Gasteiger partial charge in [0, 0.05) is 53.1 Å². The molecule has 0 saturated carbocycles. The van der Waals surface area contributed by atoms with Crippen molar-refractivity contribution in [3.05, 3.63) is 100 Å². The summed E-state index contributed by atoms with van der Waals surface area (Å²) in [6.45, 7) is 0.237. The number of pyridine rings is 3. The van der Waals surface area contributed by atoms with Crippen LogP contribution in [0.1, 0.15) is 16.8 Å². The Morgan fingerprint density at radius 2 is 1.84 bits per heavy atom. The Labute approximate surface area is 221 Å². The number of rotatable bonds is 5. The van der Waals surface area contributed by atoms with Crippen LogP contribution in [0.2, 0.25) is 10.0 Å². The molecule has 0 spiro atoms. The number of nitriles is 1. The Morgan fingerprint density at radius 1 is 1.00 bits per heavy atom. The molecule has 0 aliphatic heterocycles. The zero-order valence-corrected chi connectivity index (χ0v) is 20.7. The van der Waals surface area contributed by atoms with E-state index in [2.05, 4.69) is 21.1 Å². The summed E-state index contributed by atoms with van der Waals surface area (Å²) in [5, 5.41) is 25.5. The first-order valence-corrected chi connectivity index (χ1v) is 12.0. The normalized spacial score (nSPS) is 11.3. The standard InChI is InChI=1S/C27H17Cl2N7O/c28-21-2-1-3-22(29)25(21)26-24(15-37)36-5-4-23-20(27(36)34-26)7-18(11-32-23)19-12-33-35(14-19)13-17-6-16(8-30)9-31-10-17/h1-7,9-12,14,37H,13,15H2. The first-order valence-electron chi connectivity index (χ1n) is 11.3. The highest BCUT2D eigenvalue weighted by atomic mass is 35.5. The van der Waals surface area contributed by atoms with Crippen molar-refractivity contribution in [1.82, 2.24) is 29.1 Å². The molecule has 1 N–H and O–H groups in total. The fourth-order valence-corrected chi connectivity index (χ4v) is 4.98. The fraction of sp³-hybridized carbons (Fsp3) is 0.0741. The third-order valence-corrected chi connectivity index (χ3v) is 6.77. The minimum atomic E-state index is -0.245. The zero-order valence-electron chi connectivity index (χ0n) is 19.2. The summed E-state index contributed by atoms with van der Waals surface area (Å²) < 4.78 is 3.62. The lowest BCUT2D eigenvalue weighted by Crippen LogP contribution is -2.00. The minimum Gasteiger partial charge on any atom is -0.390 e. The third-order valence-electron chi connectivity index (χ3n) is 6.14. The lowest BCUT2D eigenvalue weighted by atomic mass is 10.1. The number of hydrogen-bond acceptors (Lipinski definition) is 6. The van der Waals surface area contributed by atoms with E-state index in [0.29, 0.717) is 44.8 Å². The van der Waals surface area contributed by atoms with Crippen molar-refractivity contribution in [2.75, 3.05) is 0 Å². The minimum absolute atomic E-state index is 0.245. The quantitative estimate of drug-likeness (QED) is 0.317. The van der Waals surface area contributed by atoms with E-state index in [1.807, 2.05) is 28.9 Å². The monoisotopic (exact) mass is 525 g/mol. The summed E-state index contributed by atoms with van der Waals surface area (Å²) in [4.78, 5) is 13.6. The largest absolute Gasteiger partial charge is 0.390 e. The highest BCUT2D eigenvalue weighted by Crippen LogP contribution is 2.37. The number of aliphatic hydroxyl groups excluding tert-OH is 1. The van der Waals surface area contributed by atoms with E-state index < -0.39 is 0 Å². The van der Waals surface area contributed by atoms with Crippen molar-refractivity contribution in [3.8, 4) is 28.5 Å². The van der Waals surface area contributed by atoms with Crippen molar-refractivity contribution in [2.24, 2.45) is 0 Å². The third kappa shape index (κ3) is 4.09. The number of halogens is 2. The molecule has 0 atom stereocenters. The zero-order chi connectivity index (χ0) is 25.5. The molecule has 180 valence electrons. The number of aliphatic hydroxyl groups is 1. The highest BCUT2D eigenvalue weighted by molar-refractivity contribution is 6.39. The summed E-state index contributed by atoms with van der Waals surface area (Å²) in [5.41, 5.74) is 6.20. The van der Waals surface area contributed by atoms with Gasteiger partial charge in [0.2, 0.25) is 0 Å². The SMILES string of the molecule is N#Cc1cncc(Cn2cc(-c3cnc4ccn5c(CO)c(-c6c(Cl)cccc6Cl)nc5c4c3)cn2)c1. The molecule has 10 heteroatoms. The molecule has 0 unspecified atom stereocenters. The Balaban J connectivity index is 1.44. The number of aromatic nitrogens is 6. The van der Waals surface area contributed by atoms with Crippen molar-refractivity contribution in [2.45, 2.75) is 13.2 Å². The van der Waals surface area contributed by atoms with Gasteiger partial charge in [-0.2, -0.15) is 10.4 Å². The van der Waals surface area contributed by atoms with Crippen LogP contribution in [0.15, 0.2) is 73.6 Å². The second-order valence-corrected chi connectivity index (χ2v) is 9.26. The molecule has 0 aliphatic rings. The smallest absolute Gasteiger partial charge is 0.147 e. The number of imidazole rings is 1. The van der Waals surface area contributed by atoms with Crippen molar-refractivity contribution < 1.29 is 5.11 Å². The fourth-order valence-electron chi connectivity index (χ4n) is 4.40. The molecule has 5 aromatic heterocycles. The van der Waals surface area contributed by atoms with Gasteiger partial charge in [0.05, 0.1) is 51.9 Å². The average molecular weight is 526 g/mol. The van der Waals surface area contributed by atoms with Crippen LogP contribution in [0.5, 0.6) is 0 Å². The first-order chi connectivity index (χ1) is 18.1. The maximum atomic E-state index is 10.2. The lowest BCUT2D eigenvalue weighted by Gasteiger charge is -2.06. The van der Waals surface area contributed by atoms with Gasteiger partial charge in [0.1, 0.15) is 11.7 Å². The molecule has 6 rings (SSSR count). The van der Waals surface area contributed by atoms with E-state index in [-0.39, 0.29) is 6.61 Å². The van der Waals surface area contributed by atoms with Crippen LogP contribution in [0, 0.1) is 11.3 Å². The van der Waals surface area contributed by atoms with Crippen LogP contribution in [0.25, 0.3) is 38.9 Å². The van der Waals surface area contributed by atoms with E-state index in [9.17, 15) is 5.11 Å². The molecule has 37 heavy (non-hydrogen) atoms. The van der Waals surface area contributed by atoms with Gasteiger partial charge >= 0.3 is 0 Å². The average Bonchev–Trinajstić information content (AvgIpc) is 3.53. The summed E-state index contributed by atoms with van der Waals surface area (Å²) in [6, 6.07) is 13.0. The summed E-state index contributed by atoms with van der Waals surface area (Å²) in [6.07, 6.45) is 10.6. The molecule has 0 saturated heterocycles. The predicted molar refractivity (Wildman–Crippen MR) is 141 cm³/mol.